The average Bonchev–Trinajstić information content (AvgIpc) is 2.20. The third kappa shape index (κ3) is 3.33. The predicted octanol–water partition coefficient (Wildman–Crippen LogP) is 1.57. The van der Waals surface area contributed by atoms with Crippen molar-refractivity contribution in [1.82, 2.24) is 9.97 Å². The average molecular weight is 212 g/mol. The molecule has 4 nitrogen and oxygen atoms in total. The molecule has 0 saturated carbocycles. The predicted molar refractivity (Wildman–Crippen MR) is 55.0 cm³/mol. The van der Waals surface area contributed by atoms with Crippen LogP contribution >= 0.6 is 11.8 Å². The van der Waals surface area contributed by atoms with Gasteiger partial charge in [0.05, 0.1) is 5.69 Å². The first-order valence-corrected chi connectivity index (χ1v) is 5.38. The molecule has 0 aliphatic rings. The first-order chi connectivity index (χ1) is 6.74. The Morgan fingerprint density at radius 2 is 2.43 bits per heavy atom. The lowest BCUT2D eigenvalue weighted by molar-refractivity contribution is -0.136. The van der Waals surface area contributed by atoms with E-state index >= 15 is 0 Å². The van der Waals surface area contributed by atoms with Crippen molar-refractivity contribution in [2.75, 3.05) is 0 Å². The molecule has 0 spiro atoms. The van der Waals surface area contributed by atoms with E-state index in [1.807, 2.05) is 6.92 Å². The molecule has 0 saturated heterocycles. The monoisotopic (exact) mass is 212 g/mol. The molecule has 0 aliphatic heterocycles. The molecule has 0 fully saturated rings. The van der Waals surface area contributed by atoms with E-state index in [9.17, 15) is 4.79 Å². The van der Waals surface area contributed by atoms with Crippen LogP contribution in [0.2, 0.25) is 0 Å². The number of rotatable bonds is 5. The minimum absolute atomic E-state index is 0.350. The number of thioether (sulfide) groups is 1. The van der Waals surface area contributed by atoms with Gasteiger partial charge in [-0.05, 0) is 6.42 Å². The first-order valence-electron chi connectivity index (χ1n) is 4.33. The maximum atomic E-state index is 10.7. The minimum Gasteiger partial charge on any atom is -0.480 e. The lowest BCUT2D eigenvalue weighted by Gasteiger charge is -2.07. The number of carboxylic acids is 1. The molecule has 76 valence electrons. The Hall–Kier alpha value is -1.10. The summed E-state index contributed by atoms with van der Waals surface area (Å²) in [6.07, 6.45) is 5.49. The number of nitrogens with zero attached hydrogens (tertiary/aromatic N) is 2. The van der Waals surface area contributed by atoms with Crippen LogP contribution < -0.4 is 0 Å². The highest BCUT2D eigenvalue weighted by atomic mass is 32.2. The van der Waals surface area contributed by atoms with Gasteiger partial charge in [-0.3, -0.25) is 14.8 Å². The van der Waals surface area contributed by atoms with Crippen LogP contribution in [0.1, 0.15) is 19.0 Å². The zero-order valence-electron chi connectivity index (χ0n) is 7.88. The van der Waals surface area contributed by atoms with Crippen molar-refractivity contribution in [3.05, 3.63) is 24.3 Å². The van der Waals surface area contributed by atoms with Crippen molar-refractivity contribution in [2.45, 2.75) is 24.3 Å². The summed E-state index contributed by atoms with van der Waals surface area (Å²) in [4.78, 5) is 18.7. The second kappa shape index (κ2) is 5.59. The molecule has 14 heavy (non-hydrogen) atoms. The van der Waals surface area contributed by atoms with Crippen LogP contribution in [0, 0.1) is 0 Å². The number of hydrogen-bond acceptors (Lipinski definition) is 4. The quantitative estimate of drug-likeness (QED) is 0.802. The molecule has 1 atom stereocenters. The SMILES string of the molecule is CCC(SCc1cnccn1)C(=O)O. The Labute approximate surface area is 86.8 Å². The fraction of sp³-hybridized carbons (Fsp3) is 0.444. The fourth-order valence-corrected chi connectivity index (χ4v) is 1.85. The van der Waals surface area contributed by atoms with E-state index < -0.39 is 5.97 Å². The number of carboxylic acid groups (broad SMARTS) is 1. The summed E-state index contributed by atoms with van der Waals surface area (Å²) in [5, 5.41) is 8.44. The zero-order valence-corrected chi connectivity index (χ0v) is 8.70. The highest BCUT2D eigenvalue weighted by Gasteiger charge is 2.15. The van der Waals surface area contributed by atoms with Gasteiger partial charge in [0, 0.05) is 24.3 Å². The van der Waals surface area contributed by atoms with Gasteiger partial charge < -0.3 is 5.11 Å². The van der Waals surface area contributed by atoms with E-state index in [1.165, 1.54) is 11.8 Å². The summed E-state index contributed by atoms with van der Waals surface area (Å²) in [5.41, 5.74) is 0.817. The van der Waals surface area contributed by atoms with Crippen LogP contribution in [0.15, 0.2) is 18.6 Å². The second-order valence-electron chi connectivity index (χ2n) is 2.74. The molecule has 1 N–H and O–H groups in total. The molecule has 1 rings (SSSR count). The molecule has 5 heteroatoms. The third-order valence-electron chi connectivity index (χ3n) is 1.70. The van der Waals surface area contributed by atoms with Crippen molar-refractivity contribution >= 4 is 17.7 Å². The van der Waals surface area contributed by atoms with Crippen LogP contribution in [0.3, 0.4) is 0 Å². The Balaban J connectivity index is 2.44. The Morgan fingerprint density at radius 1 is 1.64 bits per heavy atom. The van der Waals surface area contributed by atoms with Crippen LogP contribution in [-0.2, 0) is 10.5 Å². The Morgan fingerprint density at radius 3 is 2.93 bits per heavy atom. The van der Waals surface area contributed by atoms with Gasteiger partial charge in [-0.25, -0.2) is 0 Å². The first kappa shape index (κ1) is 11.0. The summed E-state index contributed by atoms with van der Waals surface area (Å²) in [5.74, 6) is -0.167. The molecular weight excluding hydrogens is 200 g/mol. The minimum atomic E-state index is -0.763. The summed E-state index contributed by atoms with van der Waals surface area (Å²) in [6.45, 7) is 1.86. The highest BCUT2D eigenvalue weighted by Crippen LogP contribution is 2.18. The summed E-state index contributed by atoms with van der Waals surface area (Å²) >= 11 is 1.38. The Bertz CT molecular complexity index is 292. The van der Waals surface area contributed by atoms with E-state index in [0.717, 1.165) is 5.69 Å². The van der Waals surface area contributed by atoms with E-state index in [4.69, 9.17) is 5.11 Å². The van der Waals surface area contributed by atoms with Crippen molar-refractivity contribution in [2.24, 2.45) is 0 Å². The summed E-state index contributed by atoms with van der Waals surface area (Å²) < 4.78 is 0. The van der Waals surface area contributed by atoms with Gasteiger partial charge in [-0.1, -0.05) is 6.92 Å². The van der Waals surface area contributed by atoms with Gasteiger partial charge in [0.15, 0.2) is 0 Å². The van der Waals surface area contributed by atoms with Gasteiger partial charge in [-0.2, -0.15) is 0 Å². The van der Waals surface area contributed by atoms with E-state index in [2.05, 4.69) is 9.97 Å². The molecule has 0 radical (unpaired) electrons. The summed E-state index contributed by atoms with van der Waals surface area (Å²) in [7, 11) is 0. The van der Waals surface area contributed by atoms with Crippen molar-refractivity contribution in [3.8, 4) is 0 Å². The number of hydrogen-bond donors (Lipinski definition) is 1. The Kier molecular flexibility index (Phi) is 4.39. The molecule has 1 aromatic heterocycles. The van der Waals surface area contributed by atoms with Gasteiger partial charge in [0.25, 0.3) is 0 Å². The fourth-order valence-electron chi connectivity index (χ4n) is 0.954. The maximum Gasteiger partial charge on any atom is 0.316 e. The smallest absolute Gasteiger partial charge is 0.316 e. The summed E-state index contributed by atoms with van der Waals surface area (Å²) in [6, 6.07) is 0. The number of aromatic nitrogens is 2. The van der Waals surface area contributed by atoms with Gasteiger partial charge in [0.2, 0.25) is 0 Å². The van der Waals surface area contributed by atoms with Gasteiger partial charge in [-0.15, -0.1) is 11.8 Å². The van der Waals surface area contributed by atoms with E-state index in [1.54, 1.807) is 18.6 Å². The largest absolute Gasteiger partial charge is 0.480 e. The van der Waals surface area contributed by atoms with E-state index in [0.29, 0.717) is 12.2 Å². The normalized spacial score (nSPS) is 12.4. The second-order valence-corrected chi connectivity index (χ2v) is 3.93. The molecule has 0 amide bonds. The van der Waals surface area contributed by atoms with Gasteiger partial charge in [0.1, 0.15) is 5.25 Å². The van der Waals surface area contributed by atoms with Crippen molar-refractivity contribution < 1.29 is 9.90 Å². The van der Waals surface area contributed by atoms with Crippen molar-refractivity contribution in [1.29, 1.82) is 0 Å². The molecular formula is C9H12N2O2S. The van der Waals surface area contributed by atoms with Crippen LogP contribution in [0.25, 0.3) is 0 Å². The van der Waals surface area contributed by atoms with Gasteiger partial charge >= 0.3 is 5.97 Å². The maximum absolute atomic E-state index is 10.7. The third-order valence-corrected chi connectivity index (χ3v) is 3.10. The lowest BCUT2D eigenvalue weighted by atomic mass is 10.3. The highest BCUT2D eigenvalue weighted by molar-refractivity contribution is 7.99. The zero-order chi connectivity index (χ0) is 10.4. The van der Waals surface area contributed by atoms with Crippen LogP contribution in [0.5, 0.6) is 0 Å². The number of aliphatic carboxylic acids is 1. The topological polar surface area (TPSA) is 63.1 Å². The lowest BCUT2D eigenvalue weighted by Crippen LogP contribution is -2.15. The molecule has 1 unspecified atom stereocenters. The van der Waals surface area contributed by atoms with Crippen LogP contribution in [0.4, 0.5) is 0 Å². The van der Waals surface area contributed by atoms with E-state index in [-0.39, 0.29) is 5.25 Å². The molecule has 1 aromatic rings. The molecule has 1 heterocycles. The molecule has 0 bridgehead atoms. The standard InChI is InChI=1S/C9H12N2O2S/c1-2-8(9(12)13)14-6-7-5-10-3-4-11-7/h3-5,8H,2,6H2,1H3,(H,12,13). The number of carbonyl (C=O) groups is 1. The van der Waals surface area contributed by atoms with Crippen molar-refractivity contribution in [3.63, 3.8) is 0 Å². The molecule has 0 aliphatic carbocycles. The van der Waals surface area contributed by atoms with Crippen LogP contribution in [-0.4, -0.2) is 26.3 Å². The molecule has 0 aromatic carbocycles.